The first-order chi connectivity index (χ1) is 7.80. The number of hydrogen-bond donors (Lipinski definition) is 2. The Bertz CT molecular complexity index is 268. The Labute approximate surface area is 165 Å². The summed E-state index contributed by atoms with van der Waals surface area (Å²) in [5.41, 5.74) is 11.3. The van der Waals surface area contributed by atoms with Gasteiger partial charge >= 0.3 is 63.2 Å². The van der Waals surface area contributed by atoms with Crippen LogP contribution in [0.4, 0.5) is 0 Å². The molecule has 0 spiro atoms. The summed E-state index contributed by atoms with van der Waals surface area (Å²) in [4.78, 5) is 51.3. The van der Waals surface area contributed by atoms with Gasteiger partial charge in [-0.3, -0.25) is 0 Å². The van der Waals surface area contributed by atoms with Crippen molar-refractivity contribution in [2.45, 2.75) is 37.8 Å². The average Bonchev–Trinajstić information content (AvgIpc) is 2.04. The molecule has 1 rings (SSSR count). The third-order valence-corrected chi connectivity index (χ3v) is 1.87. The van der Waals surface area contributed by atoms with Crippen LogP contribution in [0.15, 0.2) is 0 Å². The van der Waals surface area contributed by atoms with Crippen LogP contribution in [0.5, 0.6) is 0 Å². The summed E-state index contributed by atoms with van der Waals surface area (Å²) < 4.78 is 17.1. The van der Waals surface area contributed by atoms with Gasteiger partial charge in [-0.15, -0.1) is 0 Å². The molecule has 136 valence electrons. The third kappa shape index (κ3) is 52.0. The minimum Gasteiger partial charge on any atom is -0.822 e. The standard InChI is InChI=1S/C6H14N2.2H3O4P.3Pt/c7-5-3-1-2-4-6(5)8;2*1-5(2,3)4;;;/h5-6H,1-4,7-8H2;2*(H3,1,2,3,4);;;/q;;;3*+2/p-6. The van der Waals surface area contributed by atoms with E-state index in [-0.39, 0.29) is 75.3 Å². The zero-order valence-corrected chi connectivity index (χ0v) is 18.9. The molecule has 0 heterocycles. The fourth-order valence-corrected chi connectivity index (χ4v) is 1.19. The van der Waals surface area contributed by atoms with Crippen molar-refractivity contribution in [3.8, 4) is 0 Å². The van der Waals surface area contributed by atoms with Crippen LogP contribution >= 0.6 is 15.6 Å². The molecule has 0 radical (unpaired) electrons. The van der Waals surface area contributed by atoms with E-state index >= 15 is 0 Å². The zero-order chi connectivity index (χ0) is 15.0. The number of phosphoric acid groups is 2. The molecule has 2 atom stereocenters. The van der Waals surface area contributed by atoms with Gasteiger partial charge in [0.05, 0.1) is 0 Å². The molecule has 2 unspecified atom stereocenters. The first-order valence-electron chi connectivity index (χ1n) is 4.78. The smallest absolute Gasteiger partial charge is 0.822 e. The Morgan fingerprint density at radius 2 is 0.810 bits per heavy atom. The van der Waals surface area contributed by atoms with E-state index in [1.54, 1.807) is 0 Å². The monoisotopic (exact) mass is 889 g/mol. The maximum absolute atomic E-state index is 8.55. The van der Waals surface area contributed by atoms with Crippen molar-refractivity contribution in [1.29, 1.82) is 0 Å². The summed E-state index contributed by atoms with van der Waals surface area (Å²) in [7, 11) is -10.8. The molecule has 1 fully saturated rings. The quantitative estimate of drug-likeness (QED) is 0.220. The van der Waals surface area contributed by atoms with Gasteiger partial charge in [0.25, 0.3) is 0 Å². The van der Waals surface area contributed by atoms with E-state index in [1.165, 1.54) is 12.8 Å². The SMILES string of the molecule is NC1CCCCC1N.O=P([O-])([O-])[O-].O=P([O-])([O-])[O-].[Pt+2].[Pt+2].[Pt+2]. The molecule has 15 heteroatoms. The molecule has 1 aliphatic rings. The second-order valence-corrected chi connectivity index (χ2v) is 5.30. The van der Waals surface area contributed by atoms with Crippen LogP contribution in [0.1, 0.15) is 25.7 Å². The minimum absolute atomic E-state index is 0. The molecule has 21 heavy (non-hydrogen) atoms. The van der Waals surface area contributed by atoms with Crippen LogP contribution in [0.2, 0.25) is 0 Å². The van der Waals surface area contributed by atoms with E-state index in [2.05, 4.69) is 0 Å². The van der Waals surface area contributed by atoms with Crippen molar-refractivity contribution in [3.05, 3.63) is 0 Å². The van der Waals surface area contributed by atoms with Crippen LogP contribution < -0.4 is 40.8 Å². The molecular weight excluding hydrogens is 875 g/mol. The molecule has 10 nitrogen and oxygen atoms in total. The van der Waals surface area contributed by atoms with Gasteiger partial charge in [0.15, 0.2) is 0 Å². The first-order valence-corrected chi connectivity index (χ1v) is 7.70. The fourth-order valence-electron chi connectivity index (χ4n) is 1.19. The Kier molecular flexibility index (Phi) is 28.0. The predicted molar refractivity (Wildman–Crippen MR) is 49.6 cm³/mol. The van der Waals surface area contributed by atoms with E-state index < -0.39 is 15.6 Å². The fraction of sp³-hybridized carbons (Fsp3) is 1.00. The molecule has 0 amide bonds. The molecule has 0 bridgehead atoms. The minimum atomic E-state index is -5.39. The molecule has 0 aliphatic heterocycles. The van der Waals surface area contributed by atoms with Crippen molar-refractivity contribution in [1.82, 2.24) is 0 Å². The Morgan fingerprint density at radius 3 is 0.905 bits per heavy atom. The summed E-state index contributed by atoms with van der Waals surface area (Å²) in [5.74, 6) is 0. The van der Waals surface area contributed by atoms with Crippen molar-refractivity contribution >= 4 is 15.6 Å². The second kappa shape index (κ2) is 17.0. The van der Waals surface area contributed by atoms with E-state index in [0.29, 0.717) is 0 Å². The first kappa shape index (κ1) is 34.5. The number of hydrogen-bond acceptors (Lipinski definition) is 10. The van der Waals surface area contributed by atoms with E-state index in [4.69, 9.17) is 50.0 Å². The van der Waals surface area contributed by atoms with E-state index in [1.807, 2.05) is 0 Å². The Morgan fingerprint density at radius 1 is 0.667 bits per heavy atom. The predicted octanol–water partition coefficient (Wildman–Crippen LogP) is -5.44. The molecule has 0 aromatic rings. The zero-order valence-electron chi connectivity index (χ0n) is 10.2. The normalized spacial score (nSPS) is 20.8. The van der Waals surface area contributed by atoms with Crippen molar-refractivity contribution in [2.24, 2.45) is 11.5 Å². The van der Waals surface area contributed by atoms with Gasteiger partial charge in [-0.2, -0.15) is 15.6 Å². The Hall–Kier alpha value is 2.20. The molecule has 0 saturated heterocycles. The number of rotatable bonds is 0. The summed E-state index contributed by atoms with van der Waals surface area (Å²) in [6.45, 7) is 0. The molecular formula is C6H14N2O8P2Pt3. The van der Waals surface area contributed by atoms with Gasteiger partial charge in [0, 0.05) is 12.1 Å². The van der Waals surface area contributed by atoms with Crippen LogP contribution in [0.3, 0.4) is 0 Å². The van der Waals surface area contributed by atoms with Gasteiger partial charge in [0.2, 0.25) is 0 Å². The molecule has 4 N–H and O–H groups in total. The molecule has 1 aliphatic carbocycles. The van der Waals surface area contributed by atoms with E-state index in [0.717, 1.165) is 12.8 Å². The van der Waals surface area contributed by atoms with E-state index in [9.17, 15) is 0 Å². The Balaban J connectivity index is -0.0000000595. The topological polar surface area (TPSA) is 225 Å². The van der Waals surface area contributed by atoms with Gasteiger partial charge < -0.3 is 50.0 Å². The molecule has 1 saturated carbocycles. The molecule has 0 aromatic carbocycles. The van der Waals surface area contributed by atoms with Crippen LogP contribution in [0, 0.1) is 0 Å². The van der Waals surface area contributed by atoms with Gasteiger partial charge in [-0.1, -0.05) is 12.8 Å². The van der Waals surface area contributed by atoms with Crippen LogP contribution in [-0.2, 0) is 72.3 Å². The van der Waals surface area contributed by atoms with Crippen molar-refractivity contribution < 1.29 is 102 Å². The largest absolute Gasteiger partial charge is 2.00 e. The van der Waals surface area contributed by atoms with Gasteiger partial charge in [-0.05, 0) is 12.8 Å². The maximum atomic E-state index is 8.55. The summed E-state index contributed by atoms with van der Waals surface area (Å²) >= 11 is 0. The maximum Gasteiger partial charge on any atom is 2.00 e. The average molecular weight is 889 g/mol. The second-order valence-electron chi connectivity index (χ2n) is 3.51. The summed E-state index contributed by atoms with van der Waals surface area (Å²) in [6.07, 6.45) is 4.80. The van der Waals surface area contributed by atoms with Crippen molar-refractivity contribution in [3.63, 3.8) is 0 Å². The summed E-state index contributed by atoms with van der Waals surface area (Å²) in [5, 5.41) is 0. The number of nitrogens with two attached hydrogens (primary N) is 2. The van der Waals surface area contributed by atoms with Crippen LogP contribution in [-0.4, -0.2) is 12.1 Å². The third-order valence-electron chi connectivity index (χ3n) is 1.87. The molecule has 0 aromatic heterocycles. The van der Waals surface area contributed by atoms with Crippen molar-refractivity contribution in [2.75, 3.05) is 0 Å². The van der Waals surface area contributed by atoms with Crippen LogP contribution in [0.25, 0.3) is 0 Å². The van der Waals surface area contributed by atoms with Gasteiger partial charge in [0.1, 0.15) is 0 Å². The summed E-state index contributed by atoms with van der Waals surface area (Å²) in [6, 6.07) is 0.562. The van der Waals surface area contributed by atoms with Gasteiger partial charge in [-0.25, -0.2) is 0 Å².